The van der Waals surface area contributed by atoms with E-state index in [-0.39, 0.29) is 0 Å². The predicted molar refractivity (Wildman–Crippen MR) is 109 cm³/mol. The van der Waals surface area contributed by atoms with Crippen LogP contribution in [0.25, 0.3) is 10.6 Å². The molecule has 0 N–H and O–H groups in total. The molecular formula is C21H25N5OS. The quantitative estimate of drug-likeness (QED) is 0.678. The summed E-state index contributed by atoms with van der Waals surface area (Å²) in [5.74, 6) is 2.64. The fraction of sp³-hybridized carbons (Fsp3) is 0.476. The van der Waals surface area contributed by atoms with Crippen molar-refractivity contribution >= 4 is 11.3 Å². The molecule has 1 fully saturated rings. The molecule has 5 rings (SSSR count). The second kappa shape index (κ2) is 8.11. The molecule has 2 aliphatic rings. The maximum Gasteiger partial charge on any atom is 0.154 e. The highest BCUT2D eigenvalue weighted by Crippen LogP contribution is 2.27. The van der Waals surface area contributed by atoms with Gasteiger partial charge in [-0.3, -0.25) is 4.90 Å². The van der Waals surface area contributed by atoms with E-state index in [0.717, 1.165) is 75.3 Å². The SMILES string of the molecule is c1ccc(-c2ncc(CN3CCc4nc(C5CCOCC5)nn4CC3)s2)cc1. The van der Waals surface area contributed by atoms with Gasteiger partial charge in [0, 0.05) is 61.8 Å². The van der Waals surface area contributed by atoms with Crippen LogP contribution in [-0.2, 0) is 24.2 Å². The molecule has 7 heteroatoms. The molecule has 0 atom stereocenters. The maximum atomic E-state index is 5.47. The number of hydrogen-bond acceptors (Lipinski definition) is 6. The molecule has 0 unspecified atom stereocenters. The summed E-state index contributed by atoms with van der Waals surface area (Å²) >= 11 is 1.79. The summed E-state index contributed by atoms with van der Waals surface area (Å²) in [6.45, 7) is 5.55. The third-order valence-electron chi connectivity index (χ3n) is 5.58. The monoisotopic (exact) mass is 395 g/mol. The standard InChI is InChI=1S/C21H25N5OS/c1-2-4-17(5-3-1)21-22-14-18(28-21)15-25-9-6-19-23-20(24-26(19)11-10-25)16-7-12-27-13-8-16/h1-5,14,16H,6-13,15H2. The minimum absolute atomic E-state index is 0.470. The molecule has 1 aromatic carbocycles. The van der Waals surface area contributed by atoms with Crippen molar-refractivity contribution in [3.63, 3.8) is 0 Å². The highest BCUT2D eigenvalue weighted by Gasteiger charge is 2.24. The normalized spacial score (nSPS) is 18.7. The predicted octanol–water partition coefficient (Wildman–Crippen LogP) is 3.35. The Morgan fingerprint density at radius 3 is 2.79 bits per heavy atom. The molecule has 0 saturated carbocycles. The van der Waals surface area contributed by atoms with Crippen molar-refractivity contribution in [2.24, 2.45) is 0 Å². The Kier molecular flexibility index (Phi) is 5.20. The Morgan fingerprint density at radius 1 is 1.07 bits per heavy atom. The summed E-state index contributed by atoms with van der Waals surface area (Å²) in [5, 5.41) is 5.93. The zero-order chi connectivity index (χ0) is 18.8. The number of hydrogen-bond donors (Lipinski definition) is 0. The second-order valence-corrected chi connectivity index (χ2v) is 8.64. The van der Waals surface area contributed by atoms with Gasteiger partial charge in [-0.05, 0) is 12.8 Å². The molecule has 2 aromatic heterocycles. The van der Waals surface area contributed by atoms with Gasteiger partial charge in [-0.25, -0.2) is 14.6 Å². The number of fused-ring (bicyclic) bond motifs is 1. The van der Waals surface area contributed by atoms with E-state index in [1.807, 2.05) is 12.3 Å². The van der Waals surface area contributed by atoms with Crippen LogP contribution in [0.3, 0.4) is 0 Å². The molecule has 0 spiro atoms. The van der Waals surface area contributed by atoms with Crippen molar-refractivity contribution in [2.45, 2.75) is 38.3 Å². The molecule has 146 valence electrons. The van der Waals surface area contributed by atoms with E-state index in [1.54, 1.807) is 11.3 Å². The van der Waals surface area contributed by atoms with Crippen molar-refractivity contribution in [3.8, 4) is 10.6 Å². The fourth-order valence-electron chi connectivity index (χ4n) is 3.97. The summed E-state index contributed by atoms with van der Waals surface area (Å²) in [5.41, 5.74) is 1.19. The zero-order valence-electron chi connectivity index (χ0n) is 16.0. The van der Waals surface area contributed by atoms with Crippen molar-refractivity contribution in [1.29, 1.82) is 0 Å². The smallest absolute Gasteiger partial charge is 0.154 e. The lowest BCUT2D eigenvalue weighted by Gasteiger charge is -2.19. The zero-order valence-corrected chi connectivity index (χ0v) is 16.8. The number of nitrogens with zero attached hydrogens (tertiary/aromatic N) is 5. The Labute approximate surface area is 169 Å². The average molecular weight is 396 g/mol. The number of thiazole rings is 1. The van der Waals surface area contributed by atoms with Gasteiger partial charge >= 0.3 is 0 Å². The van der Waals surface area contributed by atoms with Crippen molar-refractivity contribution in [1.82, 2.24) is 24.6 Å². The van der Waals surface area contributed by atoms with Gasteiger partial charge in [0.15, 0.2) is 5.82 Å². The Hall–Kier alpha value is -2.09. The molecule has 0 amide bonds. The first-order valence-corrected chi connectivity index (χ1v) is 10.9. The van der Waals surface area contributed by atoms with Crippen LogP contribution >= 0.6 is 11.3 Å². The van der Waals surface area contributed by atoms with Crippen molar-refractivity contribution in [3.05, 3.63) is 53.1 Å². The highest BCUT2D eigenvalue weighted by atomic mass is 32.1. The third kappa shape index (κ3) is 3.87. The molecule has 6 nitrogen and oxygen atoms in total. The maximum absolute atomic E-state index is 5.47. The van der Waals surface area contributed by atoms with Crippen LogP contribution < -0.4 is 0 Å². The molecule has 4 heterocycles. The van der Waals surface area contributed by atoms with Crippen LogP contribution in [0.2, 0.25) is 0 Å². The van der Waals surface area contributed by atoms with Crippen LogP contribution in [0, 0.1) is 0 Å². The van der Waals surface area contributed by atoms with Crippen molar-refractivity contribution < 1.29 is 4.74 Å². The molecular weight excluding hydrogens is 370 g/mol. The Bertz CT molecular complexity index is 891. The van der Waals surface area contributed by atoms with Gasteiger partial charge in [0.05, 0.1) is 6.54 Å². The minimum Gasteiger partial charge on any atom is -0.381 e. The van der Waals surface area contributed by atoms with Crippen LogP contribution in [0.5, 0.6) is 0 Å². The van der Waals surface area contributed by atoms with Crippen LogP contribution in [0.1, 0.15) is 35.3 Å². The number of benzene rings is 1. The fourth-order valence-corrected chi connectivity index (χ4v) is 4.93. The van der Waals surface area contributed by atoms with Gasteiger partial charge < -0.3 is 4.74 Å². The van der Waals surface area contributed by atoms with Gasteiger partial charge in [0.1, 0.15) is 10.8 Å². The second-order valence-electron chi connectivity index (χ2n) is 7.52. The summed E-state index contributed by atoms with van der Waals surface area (Å²) in [6, 6.07) is 10.4. The molecule has 0 radical (unpaired) electrons. The van der Waals surface area contributed by atoms with E-state index in [2.05, 4.69) is 38.8 Å². The van der Waals surface area contributed by atoms with Gasteiger partial charge in [-0.1, -0.05) is 30.3 Å². The van der Waals surface area contributed by atoms with Gasteiger partial charge in [-0.15, -0.1) is 11.3 Å². The van der Waals surface area contributed by atoms with Crippen LogP contribution in [0.4, 0.5) is 0 Å². The lowest BCUT2D eigenvalue weighted by molar-refractivity contribution is 0.0835. The van der Waals surface area contributed by atoms with Gasteiger partial charge in [-0.2, -0.15) is 5.10 Å². The highest BCUT2D eigenvalue weighted by molar-refractivity contribution is 7.15. The summed E-state index contributed by atoms with van der Waals surface area (Å²) in [7, 11) is 0. The van der Waals surface area contributed by atoms with E-state index in [0.29, 0.717) is 5.92 Å². The molecule has 28 heavy (non-hydrogen) atoms. The molecule has 0 aliphatic carbocycles. The lowest BCUT2D eigenvalue weighted by atomic mass is 10.00. The topological polar surface area (TPSA) is 56.1 Å². The number of aromatic nitrogens is 4. The Morgan fingerprint density at radius 2 is 1.93 bits per heavy atom. The first kappa shape index (κ1) is 18.0. The van der Waals surface area contributed by atoms with E-state index in [1.165, 1.54) is 10.4 Å². The minimum atomic E-state index is 0.470. The van der Waals surface area contributed by atoms with Crippen LogP contribution in [-0.4, -0.2) is 51.0 Å². The summed E-state index contributed by atoms with van der Waals surface area (Å²) in [4.78, 5) is 13.3. The molecule has 0 bridgehead atoms. The van der Waals surface area contributed by atoms with E-state index >= 15 is 0 Å². The largest absolute Gasteiger partial charge is 0.381 e. The third-order valence-corrected chi connectivity index (χ3v) is 6.62. The Balaban J connectivity index is 1.22. The van der Waals surface area contributed by atoms with Crippen molar-refractivity contribution in [2.75, 3.05) is 26.3 Å². The van der Waals surface area contributed by atoms with Gasteiger partial charge in [0.2, 0.25) is 0 Å². The summed E-state index contributed by atoms with van der Waals surface area (Å²) in [6.07, 6.45) is 5.08. The molecule has 3 aromatic rings. The van der Waals surface area contributed by atoms with Crippen LogP contribution in [0.15, 0.2) is 36.5 Å². The lowest BCUT2D eigenvalue weighted by Crippen LogP contribution is -2.26. The van der Waals surface area contributed by atoms with Gasteiger partial charge in [0.25, 0.3) is 0 Å². The molecule has 1 saturated heterocycles. The average Bonchev–Trinajstić information content (AvgIpc) is 3.34. The van der Waals surface area contributed by atoms with E-state index in [4.69, 9.17) is 14.8 Å². The first-order valence-electron chi connectivity index (χ1n) is 10.1. The summed E-state index contributed by atoms with van der Waals surface area (Å²) < 4.78 is 7.60. The number of rotatable bonds is 4. The van der Waals surface area contributed by atoms with E-state index < -0.39 is 0 Å². The first-order chi connectivity index (χ1) is 13.8. The number of ether oxygens (including phenoxy) is 1. The molecule has 2 aliphatic heterocycles. The van der Waals surface area contributed by atoms with E-state index in [9.17, 15) is 0 Å².